The second-order valence-corrected chi connectivity index (χ2v) is 8.42. The summed E-state index contributed by atoms with van der Waals surface area (Å²) in [6.45, 7) is 6.18. The first kappa shape index (κ1) is 18.5. The molecule has 1 N–H and O–H groups in total. The third kappa shape index (κ3) is 4.28. The number of amides is 2. The van der Waals surface area contributed by atoms with Gasteiger partial charge in [-0.05, 0) is 32.2 Å². The van der Waals surface area contributed by atoms with Crippen LogP contribution in [0.3, 0.4) is 0 Å². The van der Waals surface area contributed by atoms with Gasteiger partial charge in [-0.25, -0.2) is 9.78 Å². The molecule has 3 heterocycles. The molecular formula is C17H21N5O2S2. The highest BCUT2D eigenvalue weighted by Crippen LogP contribution is 2.26. The minimum Gasteiger partial charge on any atom is -0.339 e. The van der Waals surface area contributed by atoms with Gasteiger partial charge in [0.15, 0.2) is 5.82 Å². The van der Waals surface area contributed by atoms with Gasteiger partial charge >= 0.3 is 6.03 Å². The van der Waals surface area contributed by atoms with Gasteiger partial charge in [-0.15, -0.1) is 22.7 Å². The summed E-state index contributed by atoms with van der Waals surface area (Å²) in [5.41, 5.74) is 0.933. The highest BCUT2D eigenvalue weighted by atomic mass is 32.1. The topological polar surface area (TPSA) is 84.2 Å². The highest BCUT2D eigenvalue weighted by Gasteiger charge is 2.22. The molecule has 0 aliphatic heterocycles. The van der Waals surface area contributed by atoms with E-state index >= 15 is 0 Å². The minimum absolute atomic E-state index is 0.111. The molecule has 3 rings (SSSR count). The number of thiazole rings is 1. The Morgan fingerprint density at radius 1 is 1.38 bits per heavy atom. The number of rotatable bonds is 6. The van der Waals surface area contributed by atoms with Gasteiger partial charge in [-0.1, -0.05) is 11.2 Å². The van der Waals surface area contributed by atoms with Gasteiger partial charge in [-0.3, -0.25) is 0 Å². The second kappa shape index (κ2) is 7.96. The van der Waals surface area contributed by atoms with Crippen LogP contribution >= 0.6 is 22.7 Å². The van der Waals surface area contributed by atoms with Crippen molar-refractivity contribution in [2.45, 2.75) is 39.8 Å². The molecule has 0 saturated carbocycles. The molecule has 7 nitrogen and oxygen atoms in total. The lowest BCUT2D eigenvalue weighted by molar-refractivity contribution is 0.192. The Morgan fingerprint density at radius 3 is 2.85 bits per heavy atom. The molecule has 1 atom stereocenters. The van der Waals surface area contributed by atoms with E-state index in [0.717, 1.165) is 20.5 Å². The van der Waals surface area contributed by atoms with Gasteiger partial charge in [0.2, 0.25) is 5.89 Å². The molecule has 0 unspecified atom stereocenters. The monoisotopic (exact) mass is 391 g/mol. The van der Waals surface area contributed by atoms with Crippen molar-refractivity contribution in [1.29, 1.82) is 0 Å². The van der Waals surface area contributed by atoms with Crippen LogP contribution in [0.2, 0.25) is 0 Å². The van der Waals surface area contributed by atoms with Gasteiger partial charge in [0.25, 0.3) is 0 Å². The van der Waals surface area contributed by atoms with E-state index in [1.807, 2.05) is 38.3 Å². The van der Waals surface area contributed by atoms with Crippen LogP contribution in [-0.4, -0.2) is 33.1 Å². The van der Waals surface area contributed by atoms with E-state index in [1.54, 1.807) is 34.6 Å². The Hall–Kier alpha value is -2.26. The zero-order valence-electron chi connectivity index (χ0n) is 15.1. The summed E-state index contributed by atoms with van der Waals surface area (Å²) in [5.74, 6) is 1.01. The van der Waals surface area contributed by atoms with Crippen molar-refractivity contribution in [3.63, 3.8) is 0 Å². The first-order chi connectivity index (χ1) is 12.4. The fourth-order valence-corrected chi connectivity index (χ4v) is 4.17. The summed E-state index contributed by atoms with van der Waals surface area (Å²) in [4.78, 5) is 25.2. The van der Waals surface area contributed by atoms with Crippen LogP contribution in [0.4, 0.5) is 4.79 Å². The molecule has 0 radical (unpaired) electrons. The minimum atomic E-state index is -0.202. The van der Waals surface area contributed by atoms with Crippen LogP contribution in [0.5, 0.6) is 0 Å². The maximum atomic E-state index is 12.4. The molecule has 3 aromatic heterocycles. The molecular weight excluding hydrogens is 370 g/mol. The summed E-state index contributed by atoms with van der Waals surface area (Å²) in [6, 6.07) is 3.70. The van der Waals surface area contributed by atoms with Crippen molar-refractivity contribution in [2.75, 3.05) is 7.05 Å². The first-order valence-electron chi connectivity index (χ1n) is 8.22. The smallest absolute Gasteiger partial charge is 0.318 e. The zero-order chi connectivity index (χ0) is 18.7. The number of aromatic nitrogens is 3. The number of aryl methyl sites for hydroxylation is 2. The average Bonchev–Trinajstić information content (AvgIpc) is 3.34. The largest absolute Gasteiger partial charge is 0.339 e. The first-order valence-corrected chi connectivity index (χ1v) is 9.92. The number of hydrogen-bond donors (Lipinski definition) is 1. The molecule has 138 valence electrons. The Bertz CT molecular complexity index is 872. The van der Waals surface area contributed by atoms with Gasteiger partial charge in [0.1, 0.15) is 0 Å². The Labute approximate surface area is 160 Å². The summed E-state index contributed by atoms with van der Waals surface area (Å²) in [6.07, 6.45) is 0.609. The van der Waals surface area contributed by atoms with Crippen LogP contribution in [0.25, 0.3) is 0 Å². The van der Waals surface area contributed by atoms with Crippen LogP contribution < -0.4 is 5.32 Å². The van der Waals surface area contributed by atoms with E-state index in [2.05, 4.69) is 20.4 Å². The van der Waals surface area contributed by atoms with Crippen LogP contribution in [0.1, 0.15) is 45.1 Å². The van der Waals surface area contributed by atoms with Crippen molar-refractivity contribution >= 4 is 28.7 Å². The molecule has 0 aromatic carbocycles. The maximum absolute atomic E-state index is 12.4. The van der Waals surface area contributed by atoms with E-state index in [9.17, 15) is 4.79 Å². The van der Waals surface area contributed by atoms with Crippen molar-refractivity contribution in [1.82, 2.24) is 25.3 Å². The lowest BCUT2D eigenvalue weighted by Gasteiger charge is -2.24. The Morgan fingerprint density at radius 2 is 2.19 bits per heavy atom. The summed E-state index contributed by atoms with van der Waals surface area (Å²) in [7, 11) is 1.76. The van der Waals surface area contributed by atoms with Gasteiger partial charge in [0, 0.05) is 16.8 Å². The van der Waals surface area contributed by atoms with Gasteiger partial charge < -0.3 is 14.7 Å². The third-order valence-corrected chi connectivity index (χ3v) is 5.83. The summed E-state index contributed by atoms with van der Waals surface area (Å²) >= 11 is 3.28. The number of carbonyl (C=O) groups is 1. The van der Waals surface area contributed by atoms with Crippen LogP contribution in [-0.2, 0) is 13.0 Å². The van der Waals surface area contributed by atoms with E-state index in [-0.39, 0.29) is 18.6 Å². The zero-order valence-corrected chi connectivity index (χ0v) is 16.8. The lowest BCUT2D eigenvalue weighted by Crippen LogP contribution is -2.38. The van der Waals surface area contributed by atoms with Crippen molar-refractivity contribution < 1.29 is 9.32 Å². The number of urea groups is 1. The normalized spacial score (nSPS) is 12.2. The molecule has 3 aromatic rings. The molecule has 2 amide bonds. The van der Waals surface area contributed by atoms with Crippen molar-refractivity contribution in [3.8, 4) is 0 Å². The van der Waals surface area contributed by atoms with E-state index in [0.29, 0.717) is 18.1 Å². The summed E-state index contributed by atoms with van der Waals surface area (Å²) < 4.78 is 5.24. The van der Waals surface area contributed by atoms with E-state index in [4.69, 9.17) is 4.52 Å². The van der Waals surface area contributed by atoms with Crippen molar-refractivity contribution in [2.24, 2.45) is 0 Å². The maximum Gasteiger partial charge on any atom is 0.318 e. The second-order valence-electron chi connectivity index (χ2n) is 5.98. The molecule has 26 heavy (non-hydrogen) atoms. The fourth-order valence-electron chi connectivity index (χ4n) is 2.57. The van der Waals surface area contributed by atoms with E-state index < -0.39 is 0 Å². The number of carbonyl (C=O) groups excluding carboxylic acids is 1. The fraction of sp³-hybridized carbons (Fsp3) is 0.412. The van der Waals surface area contributed by atoms with Gasteiger partial charge in [0.05, 0.1) is 29.7 Å². The lowest BCUT2D eigenvalue weighted by atomic mass is 10.2. The Kier molecular flexibility index (Phi) is 5.67. The predicted octanol–water partition coefficient (Wildman–Crippen LogP) is 3.70. The molecule has 0 aliphatic carbocycles. The van der Waals surface area contributed by atoms with Gasteiger partial charge in [-0.2, -0.15) is 4.98 Å². The molecule has 0 spiro atoms. The highest BCUT2D eigenvalue weighted by molar-refractivity contribution is 7.11. The Balaban J connectivity index is 1.55. The number of nitrogens with zero attached hydrogens (tertiary/aromatic N) is 4. The average molecular weight is 392 g/mol. The molecule has 0 bridgehead atoms. The number of nitrogens with one attached hydrogen (secondary N) is 1. The van der Waals surface area contributed by atoms with Crippen molar-refractivity contribution in [3.05, 3.63) is 49.7 Å². The van der Waals surface area contributed by atoms with Crippen LogP contribution in [0, 0.1) is 13.8 Å². The predicted molar refractivity (Wildman–Crippen MR) is 101 cm³/mol. The summed E-state index contributed by atoms with van der Waals surface area (Å²) in [5, 5.41) is 9.76. The quantitative estimate of drug-likeness (QED) is 0.693. The van der Waals surface area contributed by atoms with E-state index in [1.165, 1.54) is 0 Å². The molecule has 0 saturated heterocycles. The number of thiophene rings is 1. The molecule has 9 heteroatoms. The third-order valence-electron chi connectivity index (χ3n) is 4.05. The SMILES string of the molecule is Cc1nc([C@H](C)N(C)C(=O)NCc2noc(Cc3cccs3)n2)c(C)s1. The standard InChI is InChI=1S/C17H21N5O2S2/c1-10(16-11(2)26-12(3)19-16)22(4)17(23)18-9-14-20-15(24-21-14)8-13-6-5-7-25-13/h5-7,10H,8-9H2,1-4H3,(H,18,23)/t10-/m0/s1. The number of hydrogen-bond acceptors (Lipinski definition) is 7. The molecule has 0 aliphatic rings. The molecule has 0 fully saturated rings. The van der Waals surface area contributed by atoms with Crippen LogP contribution in [0.15, 0.2) is 22.0 Å².